The van der Waals surface area contributed by atoms with Gasteiger partial charge in [-0.3, -0.25) is 4.79 Å². The lowest BCUT2D eigenvalue weighted by molar-refractivity contribution is -0.103. The molecule has 0 saturated carbocycles. The third-order valence-corrected chi connectivity index (χ3v) is 2.52. The van der Waals surface area contributed by atoms with Gasteiger partial charge in [0.15, 0.2) is 0 Å². The Kier molecular flexibility index (Phi) is 2.64. The first-order chi connectivity index (χ1) is 7.35. The zero-order chi connectivity index (χ0) is 10.7. The highest BCUT2D eigenvalue weighted by Crippen LogP contribution is 2.19. The molecule has 0 N–H and O–H groups in total. The van der Waals surface area contributed by atoms with Crippen LogP contribution in [0.4, 0.5) is 0 Å². The normalized spacial score (nSPS) is 11.7. The third-order valence-electron chi connectivity index (χ3n) is 2.52. The molecule has 0 fully saturated rings. The predicted molar refractivity (Wildman–Crippen MR) is 63.7 cm³/mol. The largest absolute Gasteiger partial charge is 0.298 e. The Bertz CT molecular complexity index is 524. The maximum Gasteiger partial charge on any atom is 0.150 e. The molecule has 0 aromatic heterocycles. The van der Waals surface area contributed by atoms with E-state index in [1.54, 1.807) is 0 Å². The molecule has 0 aliphatic rings. The first kappa shape index (κ1) is 9.66. The van der Waals surface area contributed by atoms with E-state index in [0.717, 1.165) is 22.8 Å². The number of hydrogen-bond acceptors (Lipinski definition) is 1. The predicted octanol–water partition coefficient (Wildman–Crippen LogP) is 3.44. The standard InChI is InChI=1S/C14H12O/c1-2-11(10-15)14-8-7-12-5-3-4-6-13(12)9-14/h2-10H,1H3. The smallest absolute Gasteiger partial charge is 0.150 e. The van der Waals surface area contributed by atoms with Crippen molar-refractivity contribution in [1.82, 2.24) is 0 Å². The number of carbonyl (C=O) groups excluding carboxylic acids is 1. The summed E-state index contributed by atoms with van der Waals surface area (Å²) in [6.07, 6.45) is 2.72. The number of hydrogen-bond donors (Lipinski definition) is 0. The van der Waals surface area contributed by atoms with Gasteiger partial charge in [-0.25, -0.2) is 0 Å². The minimum absolute atomic E-state index is 0.737. The van der Waals surface area contributed by atoms with Crippen LogP contribution in [-0.2, 0) is 4.79 Å². The van der Waals surface area contributed by atoms with Gasteiger partial charge in [0.2, 0.25) is 0 Å². The minimum atomic E-state index is 0.737. The summed E-state index contributed by atoms with van der Waals surface area (Å²) < 4.78 is 0. The summed E-state index contributed by atoms with van der Waals surface area (Å²) in [4.78, 5) is 10.8. The molecule has 1 heteroatoms. The highest BCUT2D eigenvalue weighted by atomic mass is 16.1. The van der Waals surface area contributed by atoms with Crippen LogP contribution < -0.4 is 0 Å². The quantitative estimate of drug-likeness (QED) is 0.531. The molecule has 0 heterocycles. The van der Waals surface area contributed by atoms with Gasteiger partial charge < -0.3 is 0 Å². The van der Waals surface area contributed by atoms with E-state index in [4.69, 9.17) is 0 Å². The van der Waals surface area contributed by atoms with Crippen molar-refractivity contribution in [3.05, 3.63) is 54.1 Å². The van der Waals surface area contributed by atoms with Gasteiger partial charge in [-0.1, -0.05) is 42.5 Å². The topological polar surface area (TPSA) is 17.1 Å². The molecular formula is C14H12O. The molecule has 0 aliphatic heterocycles. The number of allylic oxidation sites excluding steroid dienone is 2. The number of benzene rings is 2. The van der Waals surface area contributed by atoms with Crippen molar-refractivity contribution in [3.8, 4) is 0 Å². The minimum Gasteiger partial charge on any atom is -0.298 e. The van der Waals surface area contributed by atoms with E-state index >= 15 is 0 Å². The van der Waals surface area contributed by atoms with E-state index in [0.29, 0.717) is 0 Å². The highest BCUT2D eigenvalue weighted by molar-refractivity contribution is 6.07. The maximum absolute atomic E-state index is 10.8. The molecule has 2 aromatic rings. The summed E-state index contributed by atoms with van der Waals surface area (Å²) in [5.41, 5.74) is 1.71. The molecule has 0 aliphatic carbocycles. The Morgan fingerprint density at radius 1 is 1.07 bits per heavy atom. The average molecular weight is 196 g/mol. The fourth-order valence-electron chi connectivity index (χ4n) is 1.67. The second-order valence-electron chi connectivity index (χ2n) is 3.42. The summed E-state index contributed by atoms with van der Waals surface area (Å²) in [6.45, 7) is 1.87. The van der Waals surface area contributed by atoms with E-state index < -0.39 is 0 Å². The van der Waals surface area contributed by atoms with E-state index in [-0.39, 0.29) is 0 Å². The molecule has 0 unspecified atom stereocenters. The molecule has 74 valence electrons. The van der Waals surface area contributed by atoms with Crippen LogP contribution >= 0.6 is 0 Å². The average Bonchev–Trinajstić information content (AvgIpc) is 2.30. The van der Waals surface area contributed by atoms with Crippen molar-refractivity contribution in [2.24, 2.45) is 0 Å². The SMILES string of the molecule is CC=C(C=O)c1ccc2ccccc2c1. The van der Waals surface area contributed by atoms with Crippen molar-refractivity contribution in [1.29, 1.82) is 0 Å². The summed E-state index contributed by atoms with van der Waals surface area (Å²) in [6, 6.07) is 14.2. The molecule has 0 radical (unpaired) electrons. The van der Waals surface area contributed by atoms with Crippen molar-refractivity contribution >= 4 is 22.6 Å². The van der Waals surface area contributed by atoms with E-state index in [1.165, 1.54) is 5.39 Å². The van der Waals surface area contributed by atoms with E-state index in [2.05, 4.69) is 12.1 Å². The molecule has 0 amide bonds. The number of rotatable bonds is 2. The summed E-state index contributed by atoms with van der Waals surface area (Å²) >= 11 is 0. The zero-order valence-corrected chi connectivity index (χ0v) is 8.60. The van der Waals surface area contributed by atoms with Crippen molar-refractivity contribution in [2.75, 3.05) is 0 Å². The fraction of sp³-hybridized carbons (Fsp3) is 0.0714. The maximum atomic E-state index is 10.8. The summed E-state index contributed by atoms with van der Waals surface area (Å²) in [5, 5.41) is 2.36. The van der Waals surface area contributed by atoms with Gasteiger partial charge in [0.1, 0.15) is 6.29 Å². The molecule has 1 nitrogen and oxygen atoms in total. The summed E-state index contributed by atoms with van der Waals surface area (Å²) in [7, 11) is 0. The molecule has 0 saturated heterocycles. The zero-order valence-electron chi connectivity index (χ0n) is 8.60. The van der Waals surface area contributed by atoms with Gasteiger partial charge in [0.05, 0.1) is 0 Å². The van der Waals surface area contributed by atoms with Crippen LogP contribution in [0.15, 0.2) is 48.5 Å². The summed E-state index contributed by atoms with van der Waals surface area (Å²) in [5.74, 6) is 0. The second kappa shape index (κ2) is 4.09. The first-order valence-electron chi connectivity index (χ1n) is 4.96. The van der Waals surface area contributed by atoms with E-state index in [9.17, 15) is 4.79 Å². The number of aldehydes is 1. The van der Waals surface area contributed by atoms with Crippen molar-refractivity contribution in [3.63, 3.8) is 0 Å². The Morgan fingerprint density at radius 2 is 1.80 bits per heavy atom. The molecule has 2 rings (SSSR count). The monoisotopic (exact) mass is 196 g/mol. The second-order valence-corrected chi connectivity index (χ2v) is 3.42. The third kappa shape index (κ3) is 1.82. The fourth-order valence-corrected chi connectivity index (χ4v) is 1.67. The lowest BCUT2D eigenvalue weighted by atomic mass is 10.0. The van der Waals surface area contributed by atoms with Crippen LogP contribution in [0.3, 0.4) is 0 Å². The lowest BCUT2D eigenvalue weighted by Gasteiger charge is -2.02. The van der Waals surface area contributed by atoms with Gasteiger partial charge in [-0.05, 0) is 29.3 Å². The molecule has 0 atom stereocenters. The van der Waals surface area contributed by atoms with Gasteiger partial charge in [-0.2, -0.15) is 0 Å². The number of fused-ring (bicyclic) bond motifs is 1. The first-order valence-corrected chi connectivity index (χ1v) is 4.96. The number of carbonyl (C=O) groups is 1. The Hall–Kier alpha value is -1.89. The highest BCUT2D eigenvalue weighted by Gasteiger charge is 1.99. The molecule has 15 heavy (non-hydrogen) atoms. The van der Waals surface area contributed by atoms with Crippen LogP contribution in [0.5, 0.6) is 0 Å². The van der Waals surface area contributed by atoms with Crippen LogP contribution in [0.2, 0.25) is 0 Å². The lowest BCUT2D eigenvalue weighted by Crippen LogP contribution is -1.85. The van der Waals surface area contributed by atoms with Gasteiger partial charge in [0, 0.05) is 5.57 Å². The van der Waals surface area contributed by atoms with Crippen LogP contribution in [0, 0.1) is 0 Å². The van der Waals surface area contributed by atoms with E-state index in [1.807, 2.05) is 43.3 Å². The van der Waals surface area contributed by atoms with Gasteiger partial charge >= 0.3 is 0 Å². The van der Waals surface area contributed by atoms with Gasteiger partial charge in [0.25, 0.3) is 0 Å². The Balaban J connectivity index is 2.61. The molecular weight excluding hydrogens is 184 g/mol. The van der Waals surface area contributed by atoms with Gasteiger partial charge in [-0.15, -0.1) is 0 Å². The van der Waals surface area contributed by atoms with Crippen LogP contribution in [0.1, 0.15) is 12.5 Å². The van der Waals surface area contributed by atoms with Crippen molar-refractivity contribution < 1.29 is 4.79 Å². The van der Waals surface area contributed by atoms with Crippen molar-refractivity contribution in [2.45, 2.75) is 6.92 Å². The van der Waals surface area contributed by atoms with Crippen LogP contribution in [-0.4, -0.2) is 6.29 Å². The molecule has 2 aromatic carbocycles. The molecule has 0 spiro atoms. The van der Waals surface area contributed by atoms with Crippen LogP contribution in [0.25, 0.3) is 16.3 Å². The molecule has 0 bridgehead atoms. The Labute approximate surface area is 89.0 Å². The Morgan fingerprint density at radius 3 is 2.47 bits per heavy atom.